The molecule has 0 fully saturated rings. The van der Waals surface area contributed by atoms with Crippen molar-refractivity contribution in [2.75, 3.05) is 11.4 Å². The van der Waals surface area contributed by atoms with Gasteiger partial charge in [-0.15, -0.1) is 0 Å². The quantitative estimate of drug-likeness (QED) is 0.925. The van der Waals surface area contributed by atoms with E-state index in [9.17, 15) is 4.79 Å². The van der Waals surface area contributed by atoms with Crippen LogP contribution in [0.4, 0.5) is 5.69 Å². The number of nitrogens with one attached hydrogen (secondary N) is 1. The molecule has 2 aromatic rings. The Balaban J connectivity index is 1.64. The molecule has 1 amide bonds. The molecule has 1 N–H and O–H groups in total. The van der Waals surface area contributed by atoms with Crippen molar-refractivity contribution in [3.05, 3.63) is 48.0 Å². The molecule has 21 heavy (non-hydrogen) atoms. The molecule has 3 rings (SSSR count). The van der Waals surface area contributed by atoms with Crippen molar-refractivity contribution in [3.8, 4) is 0 Å². The van der Waals surface area contributed by atoms with Gasteiger partial charge < -0.3 is 14.8 Å². The van der Waals surface area contributed by atoms with Crippen LogP contribution in [0.15, 0.2) is 36.8 Å². The topological polar surface area (TPSA) is 50.2 Å². The average molecular weight is 284 g/mol. The molecule has 110 valence electrons. The number of rotatable bonds is 4. The lowest BCUT2D eigenvalue weighted by atomic mass is 10.2. The number of fused-ring (bicyclic) bond motifs is 1. The summed E-state index contributed by atoms with van der Waals surface area (Å²) < 4.78 is 1.95. The molecule has 1 unspecified atom stereocenters. The third-order valence-electron chi connectivity index (χ3n) is 4.03. The summed E-state index contributed by atoms with van der Waals surface area (Å²) in [4.78, 5) is 18.6. The number of hydrogen-bond acceptors (Lipinski definition) is 3. The summed E-state index contributed by atoms with van der Waals surface area (Å²) in [5.74, 6) is 0.127. The van der Waals surface area contributed by atoms with Crippen LogP contribution in [0.5, 0.6) is 0 Å². The number of hydrogen-bond donors (Lipinski definition) is 1. The van der Waals surface area contributed by atoms with Crippen molar-refractivity contribution in [1.82, 2.24) is 14.9 Å². The third-order valence-corrected chi connectivity index (χ3v) is 4.03. The molecule has 0 saturated heterocycles. The maximum atomic E-state index is 12.6. The third kappa shape index (κ3) is 2.69. The summed E-state index contributed by atoms with van der Waals surface area (Å²) in [5.41, 5.74) is 3.37. The van der Waals surface area contributed by atoms with E-state index in [2.05, 4.69) is 16.4 Å². The maximum absolute atomic E-state index is 12.6. The number of aromatic nitrogens is 2. The Kier molecular flexibility index (Phi) is 3.75. The van der Waals surface area contributed by atoms with Crippen LogP contribution in [-0.4, -0.2) is 28.0 Å². The second-order valence-corrected chi connectivity index (χ2v) is 5.47. The summed E-state index contributed by atoms with van der Waals surface area (Å²) in [5, 5.41) is 3.28. The Hall–Kier alpha value is -2.14. The van der Waals surface area contributed by atoms with E-state index in [1.54, 1.807) is 6.33 Å². The fraction of sp³-hybridized carbons (Fsp3) is 0.375. The van der Waals surface area contributed by atoms with E-state index < -0.39 is 0 Å². The van der Waals surface area contributed by atoms with Gasteiger partial charge in [0.1, 0.15) is 0 Å². The number of amides is 1. The molecule has 0 aliphatic carbocycles. The number of imidazole rings is 1. The van der Waals surface area contributed by atoms with Crippen LogP contribution in [0.2, 0.25) is 0 Å². The van der Waals surface area contributed by atoms with Crippen LogP contribution >= 0.6 is 0 Å². The number of nitrogens with zero attached hydrogens (tertiary/aromatic N) is 3. The lowest BCUT2D eigenvalue weighted by Crippen LogP contribution is -2.44. The summed E-state index contributed by atoms with van der Waals surface area (Å²) in [7, 11) is 1.95. The number of benzene rings is 1. The van der Waals surface area contributed by atoms with Crippen LogP contribution in [-0.2, 0) is 24.8 Å². The smallest absolute Gasteiger partial charge is 0.243 e. The number of anilines is 1. The van der Waals surface area contributed by atoms with Gasteiger partial charge in [-0.2, -0.15) is 0 Å². The highest BCUT2D eigenvalue weighted by atomic mass is 16.2. The maximum Gasteiger partial charge on any atom is 0.243 e. The molecular formula is C16H20N4O. The number of aryl methyl sites for hydroxylation is 1. The van der Waals surface area contributed by atoms with E-state index in [1.165, 1.54) is 5.56 Å². The molecule has 0 bridgehead atoms. The first-order chi connectivity index (χ1) is 10.2. The Bertz CT molecular complexity index is 649. The first-order valence-electron chi connectivity index (χ1n) is 7.24. The van der Waals surface area contributed by atoms with Gasteiger partial charge in [0.05, 0.1) is 18.1 Å². The minimum atomic E-state index is -0.217. The van der Waals surface area contributed by atoms with Crippen molar-refractivity contribution >= 4 is 11.6 Å². The highest BCUT2D eigenvalue weighted by Gasteiger charge is 2.27. The highest BCUT2D eigenvalue weighted by molar-refractivity contribution is 5.98. The van der Waals surface area contributed by atoms with Crippen molar-refractivity contribution in [2.45, 2.75) is 25.9 Å². The zero-order valence-electron chi connectivity index (χ0n) is 12.4. The molecule has 0 spiro atoms. The number of carbonyl (C=O) groups excluding carboxylic acids is 1. The Morgan fingerprint density at radius 2 is 2.24 bits per heavy atom. The largest absolute Gasteiger partial charge is 0.337 e. The SMILES string of the molecule is CC(NCc1cncn1C)C(=O)N1CCc2ccccc21. The van der Waals surface area contributed by atoms with Crippen molar-refractivity contribution in [2.24, 2.45) is 7.05 Å². The molecule has 0 radical (unpaired) electrons. The summed E-state index contributed by atoms with van der Waals surface area (Å²) >= 11 is 0. The van der Waals surface area contributed by atoms with E-state index in [-0.39, 0.29) is 11.9 Å². The molecule has 1 aromatic carbocycles. The molecule has 1 atom stereocenters. The van der Waals surface area contributed by atoms with Crippen molar-refractivity contribution in [3.63, 3.8) is 0 Å². The number of carbonyl (C=O) groups is 1. The molecule has 2 heterocycles. The fourth-order valence-corrected chi connectivity index (χ4v) is 2.70. The van der Waals surface area contributed by atoms with Gasteiger partial charge in [-0.1, -0.05) is 18.2 Å². The Morgan fingerprint density at radius 3 is 3.00 bits per heavy atom. The minimum absolute atomic E-state index is 0.127. The highest BCUT2D eigenvalue weighted by Crippen LogP contribution is 2.27. The second-order valence-electron chi connectivity index (χ2n) is 5.47. The van der Waals surface area contributed by atoms with Gasteiger partial charge >= 0.3 is 0 Å². The number of para-hydroxylation sites is 1. The lowest BCUT2D eigenvalue weighted by molar-refractivity contribution is -0.120. The fourth-order valence-electron chi connectivity index (χ4n) is 2.70. The van der Waals surface area contributed by atoms with Gasteiger partial charge in [0.15, 0.2) is 0 Å². The van der Waals surface area contributed by atoms with E-state index in [4.69, 9.17) is 0 Å². The van der Waals surface area contributed by atoms with Gasteiger partial charge in [0, 0.05) is 32.0 Å². The van der Waals surface area contributed by atoms with Gasteiger partial charge in [-0.3, -0.25) is 4.79 Å². The van der Waals surface area contributed by atoms with Crippen molar-refractivity contribution < 1.29 is 4.79 Å². The summed E-state index contributed by atoms with van der Waals surface area (Å²) in [6.45, 7) is 3.33. The molecular weight excluding hydrogens is 264 g/mol. The minimum Gasteiger partial charge on any atom is -0.337 e. The van der Waals surface area contributed by atoms with Crippen LogP contribution in [0.3, 0.4) is 0 Å². The zero-order valence-corrected chi connectivity index (χ0v) is 12.4. The van der Waals surface area contributed by atoms with Gasteiger partial charge in [0.2, 0.25) is 5.91 Å². The van der Waals surface area contributed by atoms with E-state index in [1.807, 2.05) is 47.8 Å². The van der Waals surface area contributed by atoms with Crippen LogP contribution in [0.25, 0.3) is 0 Å². The second kappa shape index (κ2) is 5.69. The summed E-state index contributed by atoms with van der Waals surface area (Å²) in [6.07, 6.45) is 4.52. The van der Waals surface area contributed by atoms with Gasteiger partial charge in [0.25, 0.3) is 0 Å². The molecule has 5 nitrogen and oxygen atoms in total. The van der Waals surface area contributed by atoms with E-state index >= 15 is 0 Å². The Labute approximate surface area is 124 Å². The van der Waals surface area contributed by atoms with E-state index in [0.29, 0.717) is 6.54 Å². The van der Waals surface area contributed by atoms with Gasteiger partial charge in [-0.25, -0.2) is 4.98 Å². The van der Waals surface area contributed by atoms with E-state index in [0.717, 1.165) is 24.3 Å². The average Bonchev–Trinajstić information content (AvgIpc) is 3.10. The van der Waals surface area contributed by atoms with Gasteiger partial charge in [-0.05, 0) is 25.0 Å². The predicted molar refractivity (Wildman–Crippen MR) is 82.0 cm³/mol. The predicted octanol–water partition coefficient (Wildman–Crippen LogP) is 1.49. The van der Waals surface area contributed by atoms with Crippen LogP contribution in [0.1, 0.15) is 18.2 Å². The Morgan fingerprint density at radius 1 is 1.43 bits per heavy atom. The first-order valence-corrected chi connectivity index (χ1v) is 7.24. The van der Waals surface area contributed by atoms with Crippen LogP contribution < -0.4 is 10.2 Å². The zero-order chi connectivity index (χ0) is 14.8. The summed E-state index contributed by atoms with van der Waals surface area (Å²) in [6, 6.07) is 7.91. The normalized spacial score (nSPS) is 15.0. The standard InChI is InChI=1S/C16H20N4O/c1-12(18-10-14-9-17-11-19(14)2)16(21)20-8-7-13-5-3-4-6-15(13)20/h3-6,9,11-12,18H,7-8,10H2,1-2H3. The first kappa shape index (κ1) is 13.8. The van der Waals surface area contributed by atoms with Crippen molar-refractivity contribution in [1.29, 1.82) is 0 Å². The van der Waals surface area contributed by atoms with Crippen LogP contribution in [0, 0.1) is 0 Å². The molecule has 1 aliphatic rings. The lowest BCUT2D eigenvalue weighted by Gasteiger charge is -2.22. The molecule has 1 aliphatic heterocycles. The molecule has 1 aromatic heterocycles. The molecule has 0 saturated carbocycles. The molecule has 5 heteroatoms. The monoisotopic (exact) mass is 284 g/mol.